The molecule has 0 bridgehead atoms. The van der Waals surface area contributed by atoms with Crippen molar-refractivity contribution in [3.8, 4) is 0 Å². The van der Waals surface area contributed by atoms with Gasteiger partial charge in [-0.3, -0.25) is 4.79 Å². The number of aromatic amines is 1. The van der Waals surface area contributed by atoms with E-state index < -0.39 is 0 Å². The minimum absolute atomic E-state index is 0.138. The average Bonchev–Trinajstić information content (AvgIpc) is 2.91. The summed E-state index contributed by atoms with van der Waals surface area (Å²) in [6.45, 7) is 0.975. The van der Waals surface area contributed by atoms with E-state index in [1.165, 1.54) is 0 Å². The van der Waals surface area contributed by atoms with Crippen LogP contribution in [0.15, 0.2) is 24.3 Å². The van der Waals surface area contributed by atoms with Gasteiger partial charge in [-0.2, -0.15) is 0 Å². The number of para-hydroxylation sites is 2. The zero-order chi connectivity index (χ0) is 15.1. The molecular formula is C16H23N3O2. The first-order valence-corrected chi connectivity index (χ1v) is 7.49. The summed E-state index contributed by atoms with van der Waals surface area (Å²) in [6.07, 6.45) is 3.80. The molecule has 1 amide bonds. The van der Waals surface area contributed by atoms with Crippen molar-refractivity contribution >= 4 is 16.9 Å². The molecule has 5 heteroatoms. The Morgan fingerprint density at radius 3 is 2.86 bits per heavy atom. The highest BCUT2D eigenvalue weighted by Gasteiger charge is 2.10. The number of aliphatic hydroxyl groups is 1. The predicted octanol–water partition coefficient (Wildman–Crippen LogP) is 2.12. The normalized spacial score (nSPS) is 11.0. The number of fused-ring (bicyclic) bond motifs is 1. The van der Waals surface area contributed by atoms with Gasteiger partial charge in [-0.25, -0.2) is 4.98 Å². The first-order chi connectivity index (χ1) is 10.2. The number of benzene rings is 1. The lowest BCUT2D eigenvalue weighted by atomic mass is 10.2. The fraction of sp³-hybridized carbons (Fsp3) is 0.500. The Hall–Kier alpha value is -1.88. The van der Waals surface area contributed by atoms with E-state index in [-0.39, 0.29) is 12.5 Å². The maximum atomic E-state index is 12.0. The number of amides is 1. The summed E-state index contributed by atoms with van der Waals surface area (Å²) >= 11 is 0. The molecule has 114 valence electrons. The van der Waals surface area contributed by atoms with Crippen LogP contribution in [0.25, 0.3) is 11.0 Å². The van der Waals surface area contributed by atoms with Crippen molar-refractivity contribution in [1.29, 1.82) is 0 Å². The number of H-pyrrole nitrogens is 1. The number of aromatic nitrogens is 2. The van der Waals surface area contributed by atoms with Crippen molar-refractivity contribution in [2.24, 2.45) is 0 Å². The number of carbonyl (C=O) groups is 1. The van der Waals surface area contributed by atoms with Crippen LogP contribution in [-0.4, -0.2) is 46.1 Å². The van der Waals surface area contributed by atoms with Crippen molar-refractivity contribution in [1.82, 2.24) is 14.9 Å². The fourth-order valence-electron chi connectivity index (χ4n) is 2.30. The second kappa shape index (κ2) is 7.78. The van der Waals surface area contributed by atoms with Crippen LogP contribution in [-0.2, 0) is 11.2 Å². The molecule has 1 heterocycles. The highest BCUT2D eigenvalue weighted by atomic mass is 16.2. The number of nitrogens with one attached hydrogen (secondary N) is 1. The second-order valence-electron chi connectivity index (χ2n) is 5.30. The van der Waals surface area contributed by atoms with E-state index in [0.717, 1.165) is 42.7 Å². The minimum Gasteiger partial charge on any atom is -0.396 e. The second-order valence-corrected chi connectivity index (χ2v) is 5.30. The Bertz CT molecular complexity index is 547. The first-order valence-electron chi connectivity index (χ1n) is 7.49. The Labute approximate surface area is 125 Å². The average molecular weight is 289 g/mol. The lowest BCUT2D eigenvalue weighted by Crippen LogP contribution is -2.28. The standard InChI is InChI=1S/C16H23N3O2/c1-19(11-5-2-6-12-20)16(21)10-9-15-17-13-7-3-4-8-14(13)18-15/h3-4,7-8,20H,2,5-6,9-12H2,1H3,(H,17,18). The van der Waals surface area contributed by atoms with Gasteiger partial charge < -0.3 is 15.0 Å². The largest absolute Gasteiger partial charge is 0.396 e. The Balaban J connectivity index is 1.77. The lowest BCUT2D eigenvalue weighted by Gasteiger charge is -2.16. The fourth-order valence-corrected chi connectivity index (χ4v) is 2.30. The molecular weight excluding hydrogens is 266 g/mol. The van der Waals surface area contributed by atoms with E-state index in [1.807, 2.05) is 31.3 Å². The topological polar surface area (TPSA) is 69.2 Å². The summed E-state index contributed by atoms with van der Waals surface area (Å²) in [5, 5.41) is 8.72. The van der Waals surface area contributed by atoms with Gasteiger partial charge in [-0.1, -0.05) is 12.1 Å². The molecule has 2 rings (SSSR count). The van der Waals surface area contributed by atoms with Crippen LogP contribution in [0.4, 0.5) is 0 Å². The molecule has 0 aliphatic heterocycles. The van der Waals surface area contributed by atoms with Gasteiger partial charge in [0.25, 0.3) is 0 Å². The highest BCUT2D eigenvalue weighted by molar-refractivity contribution is 5.77. The zero-order valence-corrected chi connectivity index (χ0v) is 12.5. The number of hydrogen-bond donors (Lipinski definition) is 2. The number of rotatable bonds is 8. The quantitative estimate of drug-likeness (QED) is 0.731. The third-order valence-electron chi connectivity index (χ3n) is 3.59. The van der Waals surface area contributed by atoms with E-state index in [4.69, 9.17) is 5.11 Å². The number of imidazole rings is 1. The molecule has 0 saturated heterocycles. The van der Waals surface area contributed by atoms with Crippen LogP contribution in [0, 0.1) is 0 Å². The van der Waals surface area contributed by atoms with E-state index >= 15 is 0 Å². The maximum Gasteiger partial charge on any atom is 0.222 e. The van der Waals surface area contributed by atoms with Crippen LogP contribution in [0.1, 0.15) is 31.5 Å². The summed E-state index contributed by atoms with van der Waals surface area (Å²) in [5.41, 5.74) is 1.95. The highest BCUT2D eigenvalue weighted by Crippen LogP contribution is 2.11. The van der Waals surface area contributed by atoms with Crippen LogP contribution in [0.5, 0.6) is 0 Å². The van der Waals surface area contributed by atoms with Crippen molar-refractivity contribution in [2.75, 3.05) is 20.2 Å². The molecule has 5 nitrogen and oxygen atoms in total. The molecule has 0 radical (unpaired) electrons. The van der Waals surface area contributed by atoms with Crippen LogP contribution in [0.3, 0.4) is 0 Å². The molecule has 0 unspecified atom stereocenters. The van der Waals surface area contributed by atoms with E-state index in [2.05, 4.69) is 9.97 Å². The lowest BCUT2D eigenvalue weighted by molar-refractivity contribution is -0.129. The molecule has 0 atom stereocenters. The molecule has 0 fully saturated rings. The molecule has 21 heavy (non-hydrogen) atoms. The molecule has 0 saturated carbocycles. The van der Waals surface area contributed by atoms with E-state index in [9.17, 15) is 4.79 Å². The monoisotopic (exact) mass is 289 g/mol. The summed E-state index contributed by atoms with van der Waals surface area (Å²) in [4.78, 5) is 21.5. The van der Waals surface area contributed by atoms with Gasteiger partial charge in [0.2, 0.25) is 5.91 Å². The molecule has 2 aromatic rings. The number of aliphatic hydroxyl groups excluding tert-OH is 1. The third kappa shape index (κ3) is 4.56. The van der Waals surface area contributed by atoms with Crippen molar-refractivity contribution in [3.05, 3.63) is 30.1 Å². The summed E-state index contributed by atoms with van der Waals surface area (Å²) < 4.78 is 0. The summed E-state index contributed by atoms with van der Waals surface area (Å²) in [7, 11) is 1.83. The minimum atomic E-state index is 0.138. The van der Waals surface area contributed by atoms with Gasteiger partial charge in [-0.05, 0) is 31.4 Å². The molecule has 2 N–H and O–H groups in total. The predicted molar refractivity (Wildman–Crippen MR) is 83.0 cm³/mol. The number of aryl methyl sites for hydroxylation is 1. The molecule has 0 aliphatic carbocycles. The van der Waals surface area contributed by atoms with Gasteiger partial charge in [0.05, 0.1) is 11.0 Å². The first kappa shape index (κ1) is 15.5. The SMILES string of the molecule is CN(CCCCCO)C(=O)CCc1nc2ccccc2[nH]1. The Morgan fingerprint density at radius 2 is 2.10 bits per heavy atom. The van der Waals surface area contributed by atoms with Crippen molar-refractivity contribution in [3.63, 3.8) is 0 Å². The molecule has 0 aliphatic rings. The van der Waals surface area contributed by atoms with Crippen LogP contribution < -0.4 is 0 Å². The van der Waals surface area contributed by atoms with Gasteiger partial charge in [-0.15, -0.1) is 0 Å². The zero-order valence-electron chi connectivity index (χ0n) is 12.5. The van der Waals surface area contributed by atoms with Crippen molar-refractivity contribution in [2.45, 2.75) is 32.1 Å². The Morgan fingerprint density at radius 1 is 1.29 bits per heavy atom. The van der Waals surface area contributed by atoms with Crippen molar-refractivity contribution < 1.29 is 9.90 Å². The molecule has 0 spiro atoms. The van der Waals surface area contributed by atoms with Gasteiger partial charge in [0.15, 0.2) is 0 Å². The number of unbranched alkanes of at least 4 members (excludes halogenated alkanes) is 2. The van der Waals surface area contributed by atoms with Gasteiger partial charge in [0, 0.05) is 33.0 Å². The number of carbonyl (C=O) groups excluding carboxylic acids is 1. The summed E-state index contributed by atoms with van der Waals surface area (Å²) in [6, 6.07) is 7.87. The smallest absolute Gasteiger partial charge is 0.222 e. The van der Waals surface area contributed by atoms with Gasteiger partial charge >= 0.3 is 0 Å². The van der Waals surface area contributed by atoms with E-state index in [0.29, 0.717) is 12.8 Å². The van der Waals surface area contributed by atoms with Crippen LogP contribution in [0.2, 0.25) is 0 Å². The number of nitrogens with zero attached hydrogens (tertiary/aromatic N) is 2. The van der Waals surface area contributed by atoms with E-state index in [1.54, 1.807) is 4.90 Å². The molecule has 1 aromatic carbocycles. The van der Waals surface area contributed by atoms with Crippen LogP contribution >= 0.6 is 0 Å². The molecule has 1 aromatic heterocycles. The van der Waals surface area contributed by atoms with Gasteiger partial charge in [0.1, 0.15) is 5.82 Å². The Kier molecular flexibility index (Phi) is 5.75. The summed E-state index contributed by atoms with van der Waals surface area (Å²) in [5.74, 6) is 0.998. The maximum absolute atomic E-state index is 12.0. The number of hydrogen-bond acceptors (Lipinski definition) is 3. The third-order valence-corrected chi connectivity index (χ3v) is 3.59.